The van der Waals surface area contributed by atoms with Gasteiger partial charge in [0.1, 0.15) is 17.4 Å². The zero-order valence-electron chi connectivity index (χ0n) is 22.0. The number of para-hydroxylation sites is 2. The molecule has 0 radical (unpaired) electrons. The molecule has 11 nitrogen and oxygen atoms in total. The van der Waals surface area contributed by atoms with Gasteiger partial charge >= 0.3 is 0 Å². The molecule has 39 heavy (non-hydrogen) atoms. The lowest BCUT2D eigenvalue weighted by Gasteiger charge is -2.38. The molecule has 1 aliphatic heterocycles. The second kappa shape index (κ2) is 9.12. The fourth-order valence-corrected chi connectivity index (χ4v) is 5.10. The standard InChI is InChI=1S/C28H27N7O4/c1-32(2)26(37)17-10-9-16-11-13-35(22(18(16)15-17)24-29-12-14-33(24)3)28-31-21(23(36)27(38)34(28)4)25-30-19-7-5-6-8-20(19)39-25/h5-10,12,14-15,22,36H,11,13H2,1-4H3/t22-/m0/s1. The summed E-state index contributed by atoms with van der Waals surface area (Å²) in [5, 5.41) is 10.8. The lowest BCUT2D eigenvalue weighted by molar-refractivity contribution is 0.0827. The van der Waals surface area contributed by atoms with Crippen LogP contribution in [0.4, 0.5) is 5.95 Å². The van der Waals surface area contributed by atoms with Gasteiger partial charge in [0.25, 0.3) is 17.4 Å². The molecule has 5 aromatic rings. The van der Waals surface area contributed by atoms with Crippen molar-refractivity contribution in [1.29, 1.82) is 0 Å². The maximum Gasteiger partial charge on any atom is 0.297 e. The van der Waals surface area contributed by atoms with Crippen molar-refractivity contribution >= 4 is 23.0 Å². The van der Waals surface area contributed by atoms with Crippen LogP contribution in [0.15, 0.2) is 64.1 Å². The second-order valence-corrected chi connectivity index (χ2v) is 9.82. The van der Waals surface area contributed by atoms with Crippen molar-refractivity contribution in [3.8, 4) is 17.3 Å². The number of aryl methyl sites for hydroxylation is 1. The maximum atomic E-state index is 13.3. The Morgan fingerprint density at radius 3 is 2.64 bits per heavy atom. The topological polar surface area (TPSA) is 123 Å². The summed E-state index contributed by atoms with van der Waals surface area (Å²) >= 11 is 0. The van der Waals surface area contributed by atoms with Gasteiger partial charge in [-0.3, -0.25) is 14.2 Å². The molecular formula is C28H27N7O4. The Hall–Kier alpha value is -4.93. The summed E-state index contributed by atoms with van der Waals surface area (Å²) in [4.78, 5) is 43.5. The molecule has 0 spiro atoms. The summed E-state index contributed by atoms with van der Waals surface area (Å²) in [6.45, 7) is 0.517. The van der Waals surface area contributed by atoms with Gasteiger partial charge in [-0.1, -0.05) is 18.2 Å². The lowest BCUT2D eigenvalue weighted by atomic mass is 9.90. The largest absolute Gasteiger partial charge is 0.501 e. The van der Waals surface area contributed by atoms with Crippen LogP contribution in [0.2, 0.25) is 0 Å². The van der Waals surface area contributed by atoms with E-state index in [1.54, 1.807) is 39.5 Å². The molecule has 11 heteroatoms. The van der Waals surface area contributed by atoms with Crippen LogP contribution in [0.5, 0.6) is 5.75 Å². The van der Waals surface area contributed by atoms with Gasteiger partial charge in [-0.2, -0.15) is 0 Å². The number of amides is 1. The Kier molecular flexibility index (Phi) is 5.71. The van der Waals surface area contributed by atoms with Crippen LogP contribution < -0.4 is 10.5 Å². The number of oxazole rings is 1. The second-order valence-electron chi connectivity index (χ2n) is 9.82. The predicted octanol–water partition coefficient (Wildman–Crippen LogP) is 2.88. The van der Waals surface area contributed by atoms with E-state index in [9.17, 15) is 14.7 Å². The van der Waals surface area contributed by atoms with Crippen molar-refractivity contribution < 1.29 is 14.3 Å². The molecule has 0 fully saturated rings. The number of hydrogen-bond acceptors (Lipinski definition) is 8. The number of hydrogen-bond donors (Lipinski definition) is 1. The summed E-state index contributed by atoms with van der Waals surface area (Å²) in [6, 6.07) is 12.4. The average molecular weight is 526 g/mol. The van der Waals surface area contributed by atoms with E-state index >= 15 is 0 Å². The third kappa shape index (κ3) is 3.94. The number of carbonyl (C=O) groups excluding carboxylic acids is 1. The van der Waals surface area contributed by atoms with Crippen LogP contribution in [0.3, 0.4) is 0 Å². The predicted molar refractivity (Wildman–Crippen MR) is 145 cm³/mol. The first-order chi connectivity index (χ1) is 18.7. The number of rotatable bonds is 4. The molecule has 0 bridgehead atoms. The number of fused-ring (bicyclic) bond motifs is 2. The number of aromatic nitrogens is 5. The molecule has 1 aliphatic rings. The highest BCUT2D eigenvalue weighted by Crippen LogP contribution is 2.38. The molecule has 1 amide bonds. The minimum atomic E-state index is -0.627. The molecule has 0 unspecified atom stereocenters. The Bertz CT molecular complexity index is 1770. The van der Waals surface area contributed by atoms with E-state index in [-0.39, 0.29) is 17.5 Å². The smallest absolute Gasteiger partial charge is 0.297 e. The number of imidazole rings is 1. The summed E-state index contributed by atoms with van der Waals surface area (Å²) in [5.41, 5.74) is 2.98. The molecule has 1 N–H and O–H groups in total. The van der Waals surface area contributed by atoms with Crippen LogP contribution in [-0.2, 0) is 20.5 Å². The average Bonchev–Trinajstić information content (AvgIpc) is 3.56. The molecule has 0 aliphatic carbocycles. The van der Waals surface area contributed by atoms with Crippen LogP contribution in [0.25, 0.3) is 22.7 Å². The molecule has 0 saturated carbocycles. The molecule has 4 heterocycles. The van der Waals surface area contributed by atoms with Crippen molar-refractivity contribution in [2.45, 2.75) is 12.5 Å². The Morgan fingerprint density at radius 2 is 1.92 bits per heavy atom. The van der Waals surface area contributed by atoms with Crippen LogP contribution in [-0.4, -0.2) is 60.6 Å². The van der Waals surface area contributed by atoms with E-state index in [2.05, 4.69) is 9.97 Å². The third-order valence-electron chi connectivity index (χ3n) is 7.13. The molecule has 0 saturated heterocycles. The number of anilines is 1. The van der Waals surface area contributed by atoms with E-state index in [1.165, 1.54) is 9.47 Å². The van der Waals surface area contributed by atoms with Gasteiger partial charge < -0.3 is 23.9 Å². The molecule has 2 aromatic carbocycles. The Balaban J connectivity index is 1.55. The minimum absolute atomic E-state index is 0.0368. The maximum absolute atomic E-state index is 13.3. The van der Waals surface area contributed by atoms with Gasteiger partial charge in [0.2, 0.25) is 11.7 Å². The van der Waals surface area contributed by atoms with E-state index in [1.807, 2.05) is 53.0 Å². The first-order valence-corrected chi connectivity index (χ1v) is 12.5. The highest BCUT2D eigenvalue weighted by Gasteiger charge is 2.35. The molecule has 6 rings (SSSR count). The first kappa shape index (κ1) is 24.4. The van der Waals surface area contributed by atoms with Gasteiger partial charge in [-0.25, -0.2) is 15.0 Å². The molecule has 198 valence electrons. The van der Waals surface area contributed by atoms with Crippen LogP contribution >= 0.6 is 0 Å². The SMILES string of the molecule is CN(C)C(=O)c1ccc2c(c1)[C@@H](c1nccn1C)N(c1nc(-c3nc4ccccc4o3)c(O)c(=O)n1C)CC2. The van der Waals surface area contributed by atoms with Gasteiger partial charge in [-0.15, -0.1) is 0 Å². The monoisotopic (exact) mass is 525 g/mol. The number of benzene rings is 2. The van der Waals surface area contributed by atoms with Gasteiger partial charge in [0, 0.05) is 52.7 Å². The highest BCUT2D eigenvalue weighted by molar-refractivity contribution is 5.94. The van der Waals surface area contributed by atoms with Crippen molar-refractivity contribution in [3.63, 3.8) is 0 Å². The Labute approximate surface area is 223 Å². The number of carbonyl (C=O) groups is 1. The van der Waals surface area contributed by atoms with E-state index in [4.69, 9.17) is 9.40 Å². The van der Waals surface area contributed by atoms with E-state index in [0.717, 1.165) is 17.0 Å². The van der Waals surface area contributed by atoms with E-state index < -0.39 is 17.4 Å². The highest BCUT2D eigenvalue weighted by atomic mass is 16.4. The summed E-state index contributed by atoms with van der Waals surface area (Å²) < 4.78 is 9.08. The summed E-state index contributed by atoms with van der Waals surface area (Å²) in [7, 11) is 6.90. The van der Waals surface area contributed by atoms with Gasteiger partial charge in [-0.05, 0) is 41.8 Å². The van der Waals surface area contributed by atoms with Crippen LogP contribution in [0.1, 0.15) is 33.4 Å². The molecule has 1 atom stereocenters. The minimum Gasteiger partial charge on any atom is -0.501 e. The zero-order chi connectivity index (χ0) is 27.4. The first-order valence-electron chi connectivity index (χ1n) is 12.5. The fraction of sp³-hybridized carbons (Fsp3) is 0.250. The molecular weight excluding hydrogens is 498 g/mol. The van der Waals surface area contributed by atoms with Crippen molar-refractivity contribution in [2.75, 3.05) is 25.5 Å². The van der Waals surface area contributed by atoms with Gasteiger partial charge in [0.05, 0.1) is 0 Å². The normalized spacial score (nSPS) is 15.0. The quantitative estimate of drug-likeness (QED) is 0.380. The van der Waals surface area contributed by atoms with Crippen molar-refractivity contribution in [3.05, 3.63) is 87.7 Å². The van der Waals surface area contributed by atoms with Crippen molar-refractivity contribution in [1.82, 2.24) is 29.0 Å². The zero-order valence-corrected chi connectivity index (χ0v) is 22.0. The van der Waals surface area contributed by atoms with Gasteiger partial charge in [0.15, 0.2) is 11.3 Å². The third-order valence-corrected chi connectivity index (χ3v) is 7.13. The lowest BCUT2D eigenvalue weighted by Crippen LogP contribution is -2.41. The van der Waals surface area contributed by atoms with E-state index in [0.29, 0.717) is 35.6 Å². The summed E-state index contributed by atoms with van der Waals surface area (Å²) in [5.74, 6) is 0.436. The Morgan fingerprint density at radius 1 is 1.13 bits per heavy atom. The number of nitrogens with zero attached hydrogens (tertiary/aromatic N) is 7. The summed E-state index contributed by atoms with van der Waals surface area (Å²) in [6.07, 6.45) is 4.22. The van der Waals surface area contributed by atoms with Crippen molar-refractivity contribution in [2.24, 2.45) is 14.1 Å². The molecule has 3 aromatic heterocycles. The van der Waals surface area contributed by atoms with Crippen LogP contribution in [0, 0.1) is 0 Å². The fourth-order valence-electron chi connectivity index (χ4n) is 5.10. The number of aromatic hydroxyl groups is 1.